The number of nitrogens with one attached hydrogen (secondary N) is 1. The van der Waals surface area contributed by atoms with Crippen LogP contribution in [0.4, 0.5) is 18.0 Å². The largest absolute Gasteiger partial charge is 0.480 e. The van der Waals surface area contributed by atoms with Crippen molar-refractivity contribution < 1.29 is 32.6 Å². The number of hydrogen-bond acceptors (Lipinski definition) is 4. The maximum absolute atomic E-state index is 11.8. The predicted octanol–water partition coefficient (Wildman–Crippen LogP) is 1.60. The predicted molar refractivity (Wildman–Crippen MR) is 54.6 cm³/mol. The van der Waals surface area contributed by atoms with E-state index in [-0.39, 0.29) is 6.61 Å². The molecule has 0 unspecified atom stereocenters. The lowest BCUT2D eigenvalue weighted by Crippen LogP contribution is -2.43. The van der Waals surface area contributed by atoms with Gasteiger partial charge in [0, 0.05) is 5.75 Å². The number of ether oxygens (including phenoxy) is 1. The standard InChI is InChI=1S/C8H10F3NO4S/c1-2-3-16-7(15)12-5(6(13)14)4-17-8(9,10)11/h2,5H,1,3-4H2,(H,12,15)(H,13,14)/t5-/m0/s1. The summed E-state index contributed by atoms with van der Waals surface area (Å²) < 4.78 is 39.9. The smallest absolute Gasteiger partial charge is 0.441 e. The number of amides is 1. The lowest BCUT2D eigenvalue weighted by atomic mass is 10.3. The number of hydrogen-bond donors (Lipinski definition) is 2. The molecule has 1 atom stereocenters. The van der Waals surface area contributed by atoms with Crippen molar-refractivity contribution in [2.75, 3.05) is 12.4 Å². The number of aliphatic carboxylic acids is 1. The highest BCUT2D eigenvalue weighted by Crippen LogP contribution is 2.30. The molecule has 9 heteroatoms. The van der Waals surface area contributed by atoms with Gasteiger partial charge >= 0.3 is 17.6 Å². The zero-order chi connectivity index (χ0) is 13.5. The number of halogens is 3. The average Bonchev–Trinajstić information content (AvgIpc) is 2.19. The summed E-state index contributed by atoms with van der Waals surface area (Å²) in [5.74, 6) is -2.40. The molecule has 98 valence electrons. The van der Waals surface area contributed by atoms with Gasteiger partial charge in [-0.2, -0.15) is 13.2 Å². The molecule has 0 aromatic carbocycles. The Morgan fingerprint density at radius 3 is 2.53 bits per heavy atom. The number of carboxylic acids is 1. The van der Waals surface area contributed by atoms with E-state index >= 15 is 0 Å². The molecule has 0 saturated heterocycles. The second-order valence-electron chi connectivity index (χ2n) is 2.68. The van der Waals surface area contributed by atoms with E-state index in [0.717, 1.165) is 0 Å². The molecule has 0 bridgehead atoms. The molecular weight excluding hydrogens is 263 g/mol. The maximum Gasteiger partial charge on any atom is 0.441 e. The van der Waals surface area contributed by atoms with Crippen LogP contribution in [0.3, 0.4) is 0 Å². The molecule has 0 aromatic heterocycles. The van der Waals surface area contributed by atoms with Crippen LogP contribution >= 0.6 is 11.8 Å². The Bertz CT molecular complexity index is 295. The molecule has 1 amide bonds. The Balaban J connectivity index is 4.20. The van der Waals surface area contributed by atoms with Crippen LogP contribution in [0.15, 0.2) is 12.7 Å². The molecule has 0 rings (SSSR count). The molecule has 0 aliphatic carbocycles. The first-order valence-corrected chi connectivity index (χ1v) is 5.22. The van der Waals surface area contributed by atoms with Gasteiger partial charge in [0.15, 0.2) is 0 Å². The third kappa shape index (κ3) is 8.43. The van der Waals surface area contributed by atoms with Gasteiger partial charge in [-0.1, -0.05) is 12.7 Å². The van der Waals surface area contributed by atoms with E-state index in [1.54, 1.807) is 5.32 Å². The van der Waals surface area contributed by atoms with Crippen LogP contribution < -0.4 is 5.32 Å². The van der Waals surface area contributed by atoms with Crippen LogP contribution in [0.25, 0.3) is 0 Å². The highest BCUT2D eigenvalue weighted by atomic mass is 32.2. The minimum atomic E-state index is -4.56. The fourth-order valence-corrected chi connectivity index (χ4v) is 1.25. The molecule has 17 heavy (non-hydrogen) atoms. The minimum absolute atomic E-state index is 0.162. The van der Waals surface area contributed by atoms with E-state index in [4.69, 9.17) is 5.11 Å². The highest BCUT2D eigenvalue weighted by Gasteiger charge is 2.32. The number of carbonyl (C=O) groups is 2. The first-order chi connectivity index (χ1) is 7.76. The molecule has 0 radical (unpaired) electrons. The number of alkyl halides is 3. The third-order valence-corrected chi connectivity index (χ3v) is 2.16. The summed E-state index contributed by atoms with van der Waals surface area (Å²) in [5.41, 5.74) is -4.56. The molecular formula is C8H10F3NO4S. The summed E-state index contributed by atoms with van der Waals surface area (Å²) in [6.07, 6.45) is 0.125. The van der Waals surface area contributed by atoms with E-state index in [1.165, 1.54) is 6.08 Å². The topological polar surface area (TPSA) is 75.6 Å². The van der Waals surface area contributed by atoms with Crippen LogP contribution in [0, 0.1) is 0 Å². The molecule has 2 N–H and O–H groups in total. The van der Waals surface area contributed by atoms with Gasteiger partial charge in [0.25, 0.3) is 0 Å². The van der Waals surface area contributed by atoms with E-state index in [1.807, 2.05) is 0 Å². The zero-order valence-corrected chi connectivity index (χ0v) is 9.31. The average molecular weight is 273 g/mol. The van der Waals surface area contributed by atoms with Gasteiger partial charge in [-0.05, 0) is 11.8 Å². The van der Waals surface area contributed by atoms with Crippen molar-refractivity contribution in [2.24, 2.45) is 0 Å². The molecule has 0 heterocycles. The zero-order valence-electron chi connectivity index (χ0n) is 8.49. The molecule has 0 fully saturated rings. The molecule has 5 nitrogen and oxygen atoms in total. The maximum atomic E-state index is 11.8. The van der Waals surface area contributed by atoms with Gasteiger partial charge in [-0.25, -0.2) is 9.59 Å². The normalized spacial score (nSPS) is 12.6. The number of carboxylic acid groups (broad SMARTS) is 1. The summed E-state index contributed by atoms with van der Waals surface area (Å²) in [6, 6.07) is -1.67. The van der Waals surface area contributed by atoms with E-state index < -0.39 is 41.1 Å². The summed E-state index contributed by atoms with van der Waals surface area (Å²) in [5, 5.41) is 10.4. The first-order valence-electron chi connectivity index (χ1n) is 4.24. The lowest BCUT2D eigenvalue weighted by Gasteiger charge is -2.14. The van der Waals surface area contributed by atoms with Crippen LogP contribution in [-0.4, -0.2) is 41.1 Å². The SMILES string of the molecule is C=CCOC(=O)N[C@@H](CSC(F)(F)F)C(=O)O. The second-order valence-corrected chi connectivity index (χ2v) is 3.76. The van der Waals surface area contributed by atoms with Gasteiger partial charge in [0.2, 0.25) is 0 Å². The van der Waals surface area contributed by atoms with Crippen molar-refractivity contribution >= 4 is 23.8 Å². The fourth-order valence-electron chi connectivity index (χ4n) is 0.671. The van der Waals surface area contributed by atoms with Gasteiger partial charge in [-0.15, -0.1) is 0 Å². The second kappa shape index (κ2) is 7.05. The van der Waals surface area contributed by atoms with Gasteiger partial charge in [-0.3, -0.25) is 0 Å². The minimum Gasteiger partial charge on any atom is -0.480 e. The van der Waals surface area contributed by atoms with E-state index in [2.05, 4.69) is 11.3 Å². The van der Waals surface area contributed by atoms with Crippen LogP contribution in [-0.2, 0) is 9.53 Å². The summed E-state index contributed by atoms with van der Waals surface area (Å²) >= 11 is -0.535. The van der Waals surface area contributed by atoms with Crippen molar-refractivity contribution in [1.82, 2.24) is 5.32 Å². The van der Waals surface area contributed by atoms with Crippen LogP contribution in [0.2, 0.25) is 0 Å². The number of thioether (sulfide) groups is 1. The van der Waals surface area contributed by atoms with Gasteiger partial charge in [0.1, 0.15) is 12.6 Å². The number of rotatable bonds is 6. The summed E-state index contributed by atoms with van der Waals surface area (Å²) in [7, 11) is 0. The quantitative estimate of drug-likeness (QED) is 0.719. The molecule has 0 aliphatic heterocycles. The van der Waals surface area contributed by atoms with E-state index in [0.29, 0.717) is 0 Å². The van der Waals surface area contributed by atoms with Crippen LogP contribution in [0.1, 0.15) is 0 Å². The Morgan fingerprint density at radius 1 is 1.53 bits per heavy atom. The van der Waals surface area contributed by atoms with Crippen LogP contribution in [0.5, 0.6) is 0 Å². The van der Waals surface area contributed by atoms with Crippen molar-refractivity contribution in [3.8, 4) is 0 Å². The first kappa shape index (κ1) is 15.6. The van der Waals surface area contributed by atoms with Crippen molar-refractivity contribution in [1.29, 1.82) is 0 Å². The fraction of sp³-hybridized carbons (Fsp3) is 0.500. The summed E-state index contributed by atoms with van der Waals surface area (Å²) in [6.45, 7) is 3.08. The molecule has 0 saturated carbocycles. The Hall–Kier alpha value is -1.38. The van der Waals surface area contributed by atoms with Crippen molar-refractivity contribution in [3.63, 3.8) is 0 Å². The van der Waals surface area contributed by atoms with Crippen molar-refractivity contribution in [3.05, 3.63) is 12.7 Å². The third-order valence-electron chi connectivity index (χ3n) is 1.34. The number of carbonyl (C=O) groups excluding carboxylic acids is 1. The van der Waals surface area contributed by atoms with Gasteiger partial charge in [0.05, 0.1) is 0 Å². The van der Waals surface area contributed by atoms with E-state index in [9.17, 15) is 22.8 Å². The molecule has 0 aliphatic rings. The monoisotopic (exact) mass is 273 g/mol. The van der Waals surface area contributed by atoms with Gasteiger partial charge < -0.3 is 15.2 Å². The Morgan fingerprint density at radius 2 is 2.12 bits per heavy atom. The van der Waals surface area contributed by atoms with Crippen molar-refractivity contribution in [2.45, 2.75) is 11.6 Å². The number of alkyl carbamates (subject to hydrolysis) is 1. The summed E-state index contributed by atoms with van der Waals surface area (Å²) in [4.78, 5) is 21.5. The lowest BCUT2D eigenvalue weighted by molar-refractivity contribution is -0.138. The molecule has 0 spiro atoms. The Labute approximate surface area is 99.0 Å². The Kier molecular flexibility index (Phi) is 6.47. The highest BCUT2D eigenvalue weighted by molar-refractivity contribution is 8.00. The molecule has 0 aromatic rings.